The first-order valence-electron chi connectivity index (χ1n) is 5.69. The van der Waals surface area contributed by atoms with Crippen LogP contribution in [-0.4, -0.2) is 57.8 Å². The summed E-state index contributed by atoms with van der Waals surface area (Å²) in [7, 11) is 3.35. The third kappa shape index (κ3) is 4.47. The molecule has 1 aliphatic rings. The number of methoxy groups -OCH3 is 2. The molecule has 4 heteroatoms. The van der Waals surface area contributed by atoms with Gasteiger partial charge in [-0.15, -0.1) is 0 Å². The van der Waals surface area contributed by atoms with Gasteiger partial charge in [-0.1, -0.05) is 6.92 Å². The zero-order valence-corrected chi connectivity index (χ0v) is 10.1. The Morgan fingerprint density at radius 2 is 2.13 bits per heavy atom. The van der Waals surface area contributed by atoms with Crippen molar-refractivity contribution in [3.8, 4) is 0 Å². The van der Waals surface area contributed by atoms with Gasteiger partial charge in [0.15, 0.2) is 6.29 Å². The summed E-state index contributed by atoms with van der Waals surface area (Å²) in [6.45, 7) is 5.86. The van der Waals surface area contributed by atoms with Crippen molar-refractivity contribution in [1.29, 1.82) is 0 Å². The molecule has 0 aliphatic carbocycles. The standard InChI is InChI=1S/C11H23NO3/c1-4-12(9-11(13-2)14-3)8-10-6-5-7-15-10/h10-11H,4-9H2,1-3H3. The van der Waals surface area contributed by atoms with Crippen LogP contribution in [-0.2, 0) is 14.2 Å². The summed E-state index contributed by atoms with van der Waals surface area (Å²) in [5, 5.41) is 0. The van der Waals surface area contributed by atoms with Gasteiger partial charge in [-0.2, -0.15) is 0 Å². The van der Waals surface area contributed by atoms with Crippen LogP contribution < -0.4 is 0 Å². The topological polar surface area (TPSA) is 30.9 Å². The van der Waals surface area contributed by atoms with Crippen LogP contribution in [0.3, 0.4) is 0 Å². The molecule has 1 heterocycles. The molecular formula is C11H23NO3. The van der Waals surface area contributed by atoms with Gasteiger partial charge in [0, 0.05) is 33.9 Å². The number of likely N-dealkylation sites (N-methyl/N-ethyl adjacent to an activating group) is 1. The molecule has 1 unspecified atom stereocenters. The molecular weight excluding hydrogens is 194 g/mol. The maximum Gasteiger partial charge on any atom is 0.169 e. The molecule has 15 heavy (non-hydrogen) atoms. The van der Waals surface area contributed by atoms with Crippen molar-refractivity contribution in [2.24, 2.45) is 0 Å². The van der Waals surface area contributed by atoms with Crippen LogP contribution in [0.1, 0.15) is 19.8 Å². The third-order valence-corrected chi connectivity index (χ3v) is 2.87. The van der Waals surface area contributed by atoms with E-state index in [0.717, 1.165) is 26.2 Å². The smallest absolute Gasteiger partial charge is 0.169 e. The van der Waals surface area contributed by atoms with Crippen molar-refractivity contribution in [1.82, 2.24) is 4.90 Å². The number of hydrogen-bond acceptors (Lipinski definition) is 4. The lowest BCUT2D eigenvalue weighted by molar-refractivity contribution is -0.118. The first kappa shape index (κ1) is 12.9. The molecule has 1 atom stereocenters. The number of ether oxygens (including phenoxy) is 3. The van der Waals surface area contributed by atoms with E-state index in [9.17, 15) is 0 Å². The second kappa shape index (κ2) is 7.17. The molecule has 0 radical (unpaired) electrons. The van der Waals surface area contributed by atoms with Crippen LogP contribution >= 0.6 is 0 Å². The summed E-state index contributed by atoms with van der Waals surface area (Å²) in [4.78, 5) is 2.31. The predicted octanol–water partition coefficient (Wildman–Crippen LogP) is 1.11. The Labute approximate surface area is 92.5 Å². The van der Waals surface area contributed by atoms with Crippen LogP contribution in [0.4, 0.5) is 0 Å². The summed E-state index contributed by atoms with van der Waals surface area (Å²) in [6.07, 6.45) is 2.65. The summed E-state index contributed by atoms with van der Waals surface area (Å²) in [5.74, 6) is 0. The lowest BCUT2D eigenvalue weighted by atomic mass is 10.2. The largest absolute Gasteiger partial charge is 0.377 e. The van der Waals surface area contributed by atoms with Gasteiger partial charge < -0.3 is 14.2 Å². The lowest BCUT2D eigenvalue weighted by Crippen LogP contribution is -2.39. The lowest BCUT2D eigenvalue weighted by Gasteiger charge is -2.26. The Balaban J connectivity index is 2.27. The normalized spacial score (nSPS) is 21.8. The Hall–Kier alpha value is -0.160. The van der Waals surface area contributed by atoms with Crippen molar-refractivity contribution < 1.29 is 14.2 Å². The van der Waals surface area contributed by atoms with E-state index in [0.29, 0.717) is 6.10 Å². The van der Waals surface area contributed by atoms with Crippen molar-refractivity contribution >= 4 is 0 Å². The molecule has 0 aromatic rings. The fourth-order valence-corrected chi connectivity index (χ4v) is 1.87. The van der Waals surface area contributed by atoms with E-state index >= 15 is 0 Å². The molecule has 0 N–H and O–H groups in total. The first-order chi connectivity index (χ1) is 7.30. The number of nitrogens with zero attached hydrogens (tertiary/aromatic N) is 1. The molecule has 90 valence electrons. The van der Waals surface area contributed by atoms with Gasteiger partial charge in [0.25, 0.3) is 0 Å². The van der Waals surface area contributed by atoms with Gasteiger partial charge in [0.2, 0.25) is 0 Å². The van der Waals surface area contributed by atoms with Crippen molar-refractivity contribution in [3.63, 3.8) is 0 Å². The fraction of sp³-hybridized carbons (Fsp3) is 1.00. The molecule has 0 aromatic carbocycles. The average Bonchev–Trinajstić information content (AvgIpc) is 2.76. The minimum atomic E-state index is -0.133. The van der Waals surface area contributed by atoms with E-state index in [1.54, 1.807) is 14.2 Å². The zero-order valence-electron chi connectivity index (χ0n) is 10.1. The molecule has 1 fully saturated rings. The highest BCUT2D eigenvalue weighted by Crippen LogP contribution is 2.13. The quantitative estimate of drug-likeness (QED) is 0.598. The van der Waals surface area contributed by atoms with E-state index < -0.39 is 0 Å². The minimum absolute atomic E-state index is 0.133. The highest BCUT2D eigenvalue weighted by Gasteiger charge is 2.20. The van der Waals surface area contributed by atoms with Crippen LogP contribution in [0.5, 0.6) is 0 Å². The molecule has 0 spiro atoms. The summed E-state index contributed by atoms with van der Waals surface area (Å²) in [6, 6.07) is 0. The van der Waals surface area contributed by atoms with Gasteiger partial charge >= 0.3 is 0 Å². The number of rotatable bonds is 7. The highest BCUT2D eigenvalue weighted by molar-refractivity contribution is 4.70. The monoisotopic (exact) mass is 217 g/mol. The Kier molecular flexibility index (Phi) is 6.17. The highest BCUT2D eigenvalue weighted by atomic mass is 16.7. The number of hydrogen-bond donors (Lipinski definition) is 0. The van der Waals surface area contributed by atoms with E-state index in [1.165, 1.54) is 12.8 Å². The van der Waals surface area contributed by atoms with E-state index in [4.69, 9.17) is 14.2 Å². The summed E-state index contributed by atoms with van der Waals surface area (Å²) in [5.41, 5.74) is 0. The van der Waals surface area contributed by atoms with E-state index in [1.807, 2.05) is 0 Å². The maximum atomic E-state index is 5.61. The van der Waals surface area contributed by atoms with Crippen LogP contribution in [0.2, 0.25) is 0 Å². The van der Waals surface area contributed by atoms with Crippen molar-refractivity contribution in [2.45, 2.75) is 32.2 Å². The minimum Gasteiger partial charge on any atom is -0.377 e. The van der Waals surface area contributed by atoms with Crippen molar-refractivity contribution in [2.75, 3.05) is 40.5 Å². The summed E-state index contributed by atoms with van der Waals surface area (Å²) >= 11 is 0. The van der Waals surface area contributed by atoms with Gasteiger partial charge in [-0.25, -0.2) is 0 Å². The molecule has 4 nitrogen and oxygen atoms in total. The molecule has 0 saturated carbocycles. The average molecular weight is 217 g/mol. The zero-order chi connectivity index (χ0) is 11.1. The third-order valence-electron chi connectivity index (χ3n) is 2.87. The Morgan fingerprint density at radius 3 is 2.60 bits per heavy atom. The predicted molar refractivity (Wildman–Crippen MR) is 58.9 cm³/mol. The molecule has 0 bridgehead atoms. The van der Waals surface area contributed by atoms with Gasteiger partial charge in [-0.3, -0.25) is 4.90 Å². The summed E-state index contributed by atoms with van der Waals surface area (Å²) < 4.78 is 16.0. The van der Waals surface area contributed by atoms with Gasteiger partial charge in [-0.05, 0) is 19.4 Å². The van der Waals surface area contributed by atoms with Crippen LogP contribution in [0.25, 0.3) is 0 Å². The Bertz CT molecular complexity index is 152. The molecule has 1 rings (SSSR count). The molecule has 0 aromatic heterocycles. The van der Waals surface area contributed by atoms with Crippen LogP contribution in [0.15, 0.2) is 0 Å². The van der Waals surface area contributed by atoms with Crippen molar-refractivity contribution in [3.05, 3.63) is 0 Å². The SMILES string of the molecule is CCN(CC1CCCO1)CC(OC)OC. The first-order valence-corrected chi connectivity index (χ1v) is 5.69. The van der Waals surface area contributed by atoms with E-state index in [-0.39, 0.29) is 6.29 Å². The molecule has 0 amide bonds. The van der Waals surface area contributed by atoms with Gasteiger partial charge in [0.05, 0.1) is 6.10 Å². The molecule has 1 aliphatic heterocycles. The Morgan fingerprint density at radius 1 is 1.40 bits per heavy atom. The van der Waals surface area contributed by atoms with Gasteiger partial charge in [0.1, 0.15) is 0 Å². The second-order valence-corrected chi connectivity index (χ2v) is 3.89. The molecule has 1 saturated heterocycles. The maximum absolute atomic E-state index is 5.61. The van der Waals surface area contributed by atoms with E-state index in [2.05, 4.69) is 11.8 Å². The second-order valence-electron chi connectivity index (χ2n) is 3.89. The fourth-order valence-electron chi connectivity index (χ4n) is 1.87. The van der Waals surface area contributed by atoms with Crippen LogP contribution in [0, 0.1) is 0 Å².